The van der Waals surface area contributed by atoms with Gasteiger partial charge in [0.1, 0.15) is 0 Å². The van der Waals surface area contributed by atoms with Crippen LogP contribution in [0.15, 0.2) is 54.6 Å². The van der Waals surface area contributed by atoms with E-state index < -0.39 is 0 Å². The molecule has 23 heavy (non-hydrogen) atoms. The Hall–Kier alpha value is -2.54. The van der Waals surface area contributed by atoms with Gasteiger partial charge in [0.05, 0.1) is 4.83 Å². The van der Waals surface area contributed by atoms with Crippen LogP contribution in [0.2, 0.25) is 0 Å². The van der Waals surface area contributed by atoms with E-state index in [4.69, 9.17) is 0 Å². The van der Waals surface area contributed by atoms with Gasteiger partial charge < -0.3 is 5.32 Å². The Morgan fingerprint density at radius 2 is 1.87 bits per heavy atom. The maximum absolute atomic E-state index is 12.2. The molecular weight excluding hydrogens is 358 g/mol. The van der Waals surface area contributed by atoms with Gasteiger partial charge in [-0.1, -0.05) is 46.3 Å². The largest absolute Gasteiger partial charge is 0.325 e. The standard InChI is InChI=1S/C16H14BrN5O/c17-14(10-11-4-2-1-3-5-11)16(23)18-13-8-6-12(7-9-13)15-19-21-22-20-15/h1-9,14H,10H2,(H,18,23)(H,19,20,21,22)/t14-/m1/s1. The lowest BCUT2D eigenvalue weighted by Gasteiger charge is -2.11. The fraction of sp³-hybridized carbons (Fsp3) is 0.125. The molecule has 0 aliphatic rings. The van der Waals surface area contributed by atoms with Crippen LogP contribution in [0.5, 0.6) is 0 Å². The topological polar surface area (TPSA) is 83.6 Å². The minimum Gasteiger partial charge on any atom is -0.325 e. The number of H-pyrrole nitrogens is 1. The van der Waals surface area contributed by atoms with Crippen molar-refractivity contribution < 1.29 is 4.79 Å². The Bertz CT molecular complexity index is 759. The molecule has 0 aliphatic carbocycles. The van der Waals surface area contributed by atoms with Crippen LogP contribution < -0.4 is 5.32 Å². The van der Waals surface area contributed by atoms with Gasteiger partial charge in [-0.2, -0.15) is 5.21 Å². The van der Waals surface area contributed by atoms with E-state index in [9.17, 15) is 4.79 Å². The van der Waals surface area contributed by atoms with Crippen molar-refractivity contribution in [3.05, 3.63) is 60.2 Å². The van der Waals surface area contributed by atoms with Crippen LogP contribution in [0.25, 0.3) is 11.4 Å². The Morgan fingerprint density at radius 1 is 1.13 bits per heavy atom. The maximum Gasteiger partial charge on any atom is 0.238 e. The minimum absolute atomic E-state index is 0.0823. The first kappa shape index (κ1) is 15.4. The smallest absolute Gasteiger partial charge is 0.238 e. The lowest BCUT2D eigenvalue weighted by molar-refractivity contribution is -0.115. The van der Waals surface area contributed by atoms with Crippen LogP contribution in [0.4, 0.5) is 5.69 Å². The van der Waals surface area contributed by atoms with Crippen LogP contribution in [-0.4, -0.2) is 31.4 Å². The third-order valence-electron chi connectivity index (χ3n) is 3.30. The van der Waals surface area contributed by atoms with Crippen LogP contribution in [0.3, 0.4) is 0 Å². The van der Waals surface area contributed by atoms with Crippen LogP contribution in [0, 0.1) is 0 Å². The molecule has 1 amide bonds. The maximum atomic E-state index is 12.2. The van der Waals surface area contributed by atoms with E-state index in [2.05, 4.69) is 41.9 Å². The highest BCUT2D eigenvalue weighted by molar-refractivity contribution is 9.10. The summed E-state index contributed by atoms with van der Waals surface area (Å²) in [5.41, 5.74) is 2.66. The van der Waals surface area contributed by atoms with Crippen molar-refractivity contribution in [2.24, 2.45) is 0 Å². The molecule has 0 spiro atoms. The molecule has 0 fully saturated rings. The van der Waals surface area contributed by atoms with Crippen LogP contribution in [0.1, 0.15) is 5.56 Å². The molecule has 1 atom stereocenters. The number of anilines is 1. The Labute approximate surface area is 141 Å². The van der Waals surface area contributed by atoms with Crippen molar-refractivity contribution in [1.82, 2.24) is 20.6 Å². The van der Waals surface area contributed by atoms with Gasteiger partial charge in [-0.3, -0.25) is 4.79 Å². The van der Waals surface area contributed by atoms with E-state index in [0.717, 1.165) is 16.8 Å². The highest BCUT2D eigenvalue weighted by Crippen LogP contribution is 2.18. The normalized spacial score (nSPS) is 11.9. The molecule has 7 heteroatoms. The number of aromatic nitrogens is 4. The molecule has 1 heterocycles. The van der Waals surface area contributed by atoms with Crippen molar-refractivity contribution in [3.63, 3.8) is 0 Å². The Morgan fingerprint density at radius 3 is 2.52 bits per heavy atom. The number of aromatic amines is 1. The van der Waals surface area contributed by atoms with Gasteiger partial charge in [-0.15, -0.1) is 10.2 Å². The number of tetrazole rings is 1. The predicted octanol–water partition coefficient (Wildman–Crippen LogP) is 2.81. The van der Waals surface area contributed by atoms with Crippen molar-refractivity contribution in [1.29, 1.82) is 0 Å². The van der Waals surface area contributed by atoms with Gasteiger partial charge in [-0.25, -0.2) is 0 Å². The molecule has 116 valence electrons. The van der Waals surface area contributed by atoms with Gasteiger partial charge in [0.15, 0.2) is 0 Å². The third kappa shape index (κ3) is 4.01. The lowest BCUT2D eigenvalue weighted by atomic mass is 10.1. The molecule has 0 saturated carbocycles. The predicted molar refractivity (Wildman–Crippen MR) is 91.1 cm³/mol. The fourth-order valence-corrected chi connectivity index (χ4v) is 2.61. The first-order chi connectivity index (χ1) is 11.2. The van der Waals surface area contributed by atoms with Crippen molar-refractivity contribution in [2.45, 2.75) is 11.2 Å². The summed E-state index contributed by atoms with van der Waals surface area (Å²) in [6.07, 6.45) is 0.633. The zero-order chi connectivity index (χ0) is 16.1. The molecule has 2 N–H and O–H groups in total. The molecule has 1 aromatic heterocycles. The number of rotatable bonds is 5. The van der Waals surface area contributed by atoms with Crippen molar-refractivity contribution in [3.8, 4) is 11.4 Å². The third-order valence-corrected chi connectivity index (χ3v) is 4.04. The summed E-state index contributed by atoms with van der Waals surface area (Å²) in [6, 6.07) is 17.2. The molecule has 2 aromatic carbocycles. The number of amides is 1. The average molecular weight is 372 g/mol. The Kier molecular flexibility index (Phi) is 4.77. The summed E-state index contributed by atoms with van der Waals surface area (Å²) in [5, 5.41) is 16.6. The summed E-state index contributed by atoms with van der Waals surface area (Å²) in [7, 11) is 0. The zero-order valence-corrected chi connectivity index (χ0v) is 13.7. The molecule has 3 rings (SSSR count). The second-order valence-corrected chi connectivity index (χ2v) is 6.06. The SMILES string of the molecule is O=C(Nc1ccc(-c2nn[nH]n2)cc1)[C@H](Br)Cc1ccccc1. The van der Waals surface area contributed by atoms with E-state index in [-0.39, 0.29) is 10.7 Å². The Balaban J connectivity index is 1.61. The first-order valence-corrected chi connectivity index (χ1v) is 7.96. The zero-order valence-electron chi connectivity index (χ0n) is 12.1. The van der Waals surface area contributed by atoms with E-state index in [0.29, 0.717) is 12.2 Å². The molecule has 0 bridgehead atoms. The highest BCUT2D eigenvalue weighted by atomic mass is 79.9. The number of hydrogen-bond donors (Lipinski definition) is 2. The number of nitrogens with zero attached hydrogens (tertiary/aromatic N) is 3. The number of benzene rings is 2. The van der Waals surface area contributed by atoms with Crippen LogP contribution in [-0.2, 0) is 11.2 Å². The summed E-state index contributed by atoms with van der Waals surface area (Å²) >= 11 is 3.44. The molecule has 0 aliphatic heterocycles. The number of hydrogen-bond acceptors (Lipinski definition) is 4. The monoisotopic (exact) mass is 371 g/mol. The van der Waals surface area contributed by atoms with Crippen molar-refractivity contribution >= 4 is 27.5 Å². The van der Waals surface area contributed by atoms with E-state index >= 15 is 0 Å². The highest BCUT2D eigenvalue weighted by Gasteiger charge is 2.15. The first-order valence-electron chi connectivity index (χ1n) is 7.05. The average Bonchev–Trinajstić information content (AvgIpc) is 3.11. The van der Waals surface area contributed by atoms with E-state index in [1.807, 2.05) is 54.6 Å². The van der Waals surface area contributed by atoms with E-state index in [1.165, 1.54) is 0 Å². The van der Waals surface area contributed by atoms with Gasteiger partial charge in [0.25, 0.3) is 0 Å². The summed E-state index contributed by atoms with van der Waals surface area (Å²) < 4.78 is 0. The second-order valence-electron chi connectivity index (χ2n) is 4.96. The number of nitrogens with one attached hydrogen (secondary N) is 2. The van der Waals surface area contributed by atoms with Crippen molar-refractivity contribution in [2.75, 3.05) is 5.32 Å². The summed E-state index contributed by atoms with van der Waals surface area (Å²) in [4.78, 5) is 11.9. The van der Waals surface area contributed by atoms with Gasteiger partial charge in [0, 0.05) is 11.3 Å². The minimum atomic E-state index is -0.290. The number of carbonyl (C=O) groups excluding carboxylic acids is 1. The quantitative estimate of drug-likeness (QED) is 0.675. The summed E-state index contributed by atoms with van der Waals surface area (Å²) in [6.45, 7) is 0. The van der Waals surface area contributed by atoms with Crippen LogP contribution >= 0.6 is 15.9 Å². The number of halogens is 1. The molecule has 3 aromatic rings. The van der Waals surface area contributed by atoms with Gasteiger partial charge in [0.2, 0.25) is 11.7 Å². The van der Waals surface area contributed by atoms with Gasteiger partial charge >= 0.3 is 0 Å². The summed E-state index contributed by atoms with van der Waals surface area (Å²) in [5.74, 6) is 0.437. The molecule has 0 radical (unpaired) electrons. The van der Waals surface area contributed by atoms with E-state index in [1.54, 1.807) is 0 Å². The number of carbonyl (C=O) groups is 1. The molecule has 0 unspecified atom stereocenters. The number of alkyl halides is 1. The lowest BCUT2D eigenvalue weighted by Crippen LogP contribution is -2.24. The fourth-order valence-electron chi connectivity index (χ4n) is 2.12. The second kappa shape index (κ2) is 7.15. The van der Waals surface area contributed by atoms with Gasteiger partial charge in [-0.05, 0) is 41.5 Å². The molecular formula is C16H14BrN5O. The molecule has 6 nitrogen and oxygen atoms in total. The molecule has 0 saturated heterocycles.